The molecule has 0 bridgehead atoms. The minimum absolute atomic E-state index is 0.254. The van der Waals surface area contributed by atoms with Gasteiger partial charge in [-0.05, 0) is 24.6 Å². The van der Waals surface area contributed by atoms with E-state index >= 15 is 0 Å². The van der Waals surface area contributed by atoms with Crippen LogP contribution in [0.2, 0.25) is 0 Å². The Labute approximate surface area is 163 Å². The lowest BCUT2D eigenvalue weighted by atomic mass is 10.0. The second kappa shape index (κ2) is 9.91. The molecule has 1 unspecified atom stereocenters. The number of esters is 1. The number of nitrogens with one attached hydrogen (secondary N) is 2. The second-order valence-corrected chi connectivity index (χ2v) is 5.78. The topological polar surface area (TPSA) is 93.7 Å². The first-order chi connectivity index (χ1) is 13.5. The second-order valence-electron chi connectivity index (χ2n) is 5.78. The molecule has 7 heteroatoms. The van der Waals surface area contributed by atoms with E-state index in [0.717, 1.165) is 0 Å². The highest BCUT2D eigenvalue weighted by atomic mass is 16.5. The van der Waals surface area contributed by atoms with Gasteiger partial charge < -0.3 is 14.8 Å². The molecule has 0 aliphatic rings. The summed E-state index contributed by atoms with van der Waals surface area (Å²) in [5.74, 6) is -0.830. The van der Waals surface area contributed by atoms with Crippen LogP contribution in [0.4, 0.5) is 4.79 Å². The molecule has 0 fully saturated rings. The molecule has 0 saturated heterocycles. The van der Waals surface area contributed by atoms with Gasteiger partial charge in [-0.15, -0.1) is 0 Å². The summed E-state index contributed by atoms with van der Waals surface area (Å²) in [4.78, 5) is 36.1. The van der Waals surface area contributed by atoms with E-state index in [4.69, 9.17) is 9.47 Å². The first kappa shape index (κ1) is 20.7. The lowest BCUT2D eigenvalue weighted by molar-refractivity contribution is -0.148. The molecule has 2 N–H and O–H groups in total. The van der Waals surface area contributed by atoms with Crippen molar-refractivity contribution in [3.8, 4) is 5.75 Å². The van der Waals surface area contributed by atoms with Crippen molar-refractivity contribution >= 4 is 29.6 Å². The summed E-state index contributed by atoms with van der Waals surface area (Å²) in [6, 6.07) is 15.5. The van der Waals surface area contributed by atoms with Gasteiger partial charge in [0.15, 0.2) is 6.10 Å². The molecule has 1 atom stereocenters. The van der Waals surface area contributed by atoms with E-state index in [1.54, 1.807) is 49.6 Å². The molecule has 2 aromatic rings. The Hall–Kier alpha value is -3.61. The van der Waals surface area contributed by atoms with Crippen molar-refractivity contribution in [1.82, 2.24) is 10.6 Å². The highest BCUT2D eigenvalue weighted by Crippen LogP contribution is 2.25. The summed E-state index contributed by atoms with van der Waals surface area (Å²) < 4.78 is 10.6. The maximum absolute atomic E-state index is 12.8. The number of methoxy groups -OCH3 is 1. The van der Waals surface area contributed by atoms with E-state index < -0.39 is 24.0 Å². The molecule has 3 amide bonds. The number of carbonyl (C=O) groups is 3. The fraction of sp³-hybridized carbons (Fsp3) is 0.190. The third kappa shape index (κ3) is 5.44. The van der Waals surface area contributed by atoms with Crippen LogP contribution in [0, 0.1) is 0 Å². The predicted molar refractivity (Wildman–Crippen MR) is 105 cm³/mol. The Kier molecular flexibility index (Phi) is 7.33. The maximum atomic E-state index is 12.8. The smallest absolute Gasteiger partial charge is 0.339 e. The van der Waals surface area contributed by atoms with Crippen LogP contribution in [0.1, 0.15) is 18.1 Å². The van der Waals surface area contributed by atoms with Crippen LogP contribution in [0.5, 0.6) is 5.75 Å². The van der Waals surface area contributed by atoms with Crippen LogP contribution in [-0.2, 0) is 14.3 Å². The van der Waals surface area contributed by atoms with Crippen LogP contribution < -0.4 is 15.4 Å². The number of benzene rings is 2. The van der Waals surface area contributed by atoms with Gasteiger partial charge in [0.05, 0.1) is 12.7 Å². The van der Waals surface area contributed by atoms with Crippen molar-refractivity contribution in [3.63, 3.8) is 0 Å². The van der Waals surface area contributed by atoms with E-state index in [0.29, 0.717) is 16.9 Å². The molecule has 146 valence electrons. The molecular weight excluding hydrogens is 360 g/mol. The monoisotopic (exact) mass is 382 g/mol. The van der Waals surface area contributed by atoms with Crippen LogP contribution in [-0.4, -0.2) is 38.2 Å². The van der Waals surface area contributed by atoms with E-state index in [2.05, 4.69) is 10.6 Å². The van der Waals surface area contributed by atoms with Crippen molar-refractivity contribution in [2.24, 2.45) is 0 Å². The fourth-order valence-corrected chi connectivity index (χ4v) is 2.37. The van der Waals surface area contributed by atoms with E-state index in [1.807, 2.05) is 18.2 Å². The summed E-state index contributed by atoms with van der Waals surface area (Å²) in [5, 5.41) is 4.34. The van der Waals surface area contributed by atoms with Gasteiger partial charge in [0.25, 0.3) is 5.91 Å². The van der Waals surface area contributed by atoms with E-state index in [-0.39, 0.29) is 5.57 Å². The molecular formula is C21H22N2O5. The Morgan fingerprint density at radius 2 is 1.64 bits per heavy atom. The molecule has 0 aliphatic heterocycles. The van der Waals surface area contributed by atoms with E-state index in [1.165, 1.54) is 14.0 Å². The molecule has 2 aromatic carbocycles. The minimum Gasteiger partial charge on any atom is -0.496 e. The molecule has 0 heterocycles. The predicted octanol–water partition coefficient (Wildman–Crippen LogP) is 2.62. The van der Waals surface area contributed by atoms with Crippen molar-refractivity contribution in [1.29, 1.82) is 0 Å². The zero-order chi connectivity index (χ0) is 20.5. The van der Waals surface area contributed by atoms with Gasteiger partial charge in [-0.3, -0.25) is 10.1 Å². The average Bonchev–Trinajstić information content (AvgIpc) is 2.72. The highest BCUT2D eigenvalue weighted by molar-refractivity contribution is 6.22. The standard InChI is InChI=1S/C21H22N2O5/c1-14(19(24)23-21(26)22-2)28-20(25)17(15-9-5-4-6-10-15)13-16-11-7-8-12-18(16)27-3/h4-14H,1-3H3,(H2,22,23,24,26)/b17-13+. The van der Waals surface area contributed by atoms with Crippen molar-refractivity contribution < 1.29 is 23.9 Å². The molecule has 7 nitrogen and oxygen atoms in total. The Balaban J connectivity index is 2.32. The quantitative estimate of drug-likeness (QED) is 0.455. The van der Waals surface area contributed by atoms with Crippen LogP contribution in [0.25, 0.3) is 11.6 Å². The molecule has 0 radical (unpaired) electrons. The highest BCUT2D eigenvalue weighted by Gasteiger charge is 2.23. The third-order valence-corrected chi connectivity index (χ3v) is 3.86. The van der Waals surface area contributed by atoms with Crippen molar-refractivity contribution in [3.05, 3.63) is 65.7 Å². The van der Waals surface area contributed by atoms with Gasteiger partial charge in [0, 0.05) is 12.6 Å². The molecule has 28 heavy (non-hydrogen) atoms. The minimum atomic E-state index is -1.16. The number of imide groups is 1. The lowest BCUT2D eigenvalue weighted by Gasteiger charge is -2.15. The van der Waals surface area contributed by atoms with Gasteiger partial charge in [0.1, 0.15) is 5.75 Å². The SMILES string of the molecule is CNC(=O)NC(=O)C(C)OC(=O)/C(=C/c1ccccc1OC)c1ccccc1. The Bertz CT molecular complexity index is 877. The fourth-order valence-electron chi connectivity index (χ4n) is 2.37. The molecule has 0 aliphatic carbocycles. The largest absolute Gasteiger partial charge is 0.496 e. The molecule has 2 rings (SSSR count). The molecule has 0 aromatic heterocycles. The zero-order valence-corrected chi connectivity index (χ0v) is 15.9. The van der Waals surface area contributed by atoms with Crippen molar-refractivity contribution in [2.45, 2.75) is 13.0 Å². The van der Waals surface area contributed by atoms with Gasteiger partial charge >= 0.3 is 12.0 Å². The zero-order valence-electron chi connectivity index (χ0n) is 15.9. The van der Waals surface area contributed by atoms with Crippen LogP contribution >= 0.6 is 0 Å². The van der Waals surface area contributed by atoms with Crippen molar-refractivity contribution in [2.75, 3.05) is 14.2 Å². The number of urea groups is 1. The Morgan fingerprint density at radius 3 is 2.29 bits per heavy atom. The third-order valence-electron chi connectivity index (χ3n) is 3.86. The normalized spacial score (nSPS) is 11.9. The van der Waals surface area contributed by atoms with Gasteiger partial charge in [-0.25, -0.2) is 9.59 Å². The Morgan fingerprint density at radius 1 is 1.00 bits per heavy atom. The molecule has 0 spiro atoms. The summed E-state index contributed by atoms with van der Waals surface area (Å²) >= 11 is 0. The number of carbonyl (C=O) groups excluding carboxylic acids is 3. The summed E-state index contributed by atoms with van der Waals surface area (Å²) in [7, 11) is 2.92. The van der Waals surface area contributed by atoms with Gasteiger partial charge in [-0.2, -0.15) is 0 Å². The van der Waals surface area contributed by atoms with Gasteiger partial charge in [-0.1, -0.05) is 48.5 Å². The maximum Gasteiger partial charge on any atom is 0.339 e. The number of hydrogen-bond donors (Lipinski definition) is 2. The first-order valence-electron chi connectivity index (χ1n) is 8.60. The summed E-state index contributed by atoms with van der Waals surface area (Å²) in [5.41, 5.74) is 1.56. The number of rotatable bonds is 6. The first-order valence-corrected chi connectivity index (χ1v) is 8.60. The van der Waals surface area contributed by atoms with Gasteiger partial charge in [0.2, 0.25) is 0 Å². The molecule has 0 saturated carbocycles. The number of ether oxygens (including phenoxy) is 2. The number of para-hydroxylation sites is 1. The average molecular weight is 382 g/mol. The number of amides is 3. The van der Waals surface area contributed by atoms with Crippen LogP contribution in [0.15, 0.2) is 54.6 Å². The summed E-state index contributed by atoms with van der Waals surface area (Å²) in [6.07, 6.45) is 0.481. The lowest BCUT2D eigenvalue weighted by Crippen LogP contribution is -2.43. The van der Waals surface area contributed by atoms with Crippen LogP contribution in [0.3, 0.4) is 0 Å². The van der Waals surface area contributed by atoms with E-state index in [9.17, 15) is 14.4 Å². The number of hydrogen-bond acceptors (Lipinski definition) is 5. The summed E-state index contributed by atoms with van der Waals surface area (Å²) in [6.45, 7) is 1.39.